The molecule has 2 atom stereocenters. The first-order valence-electron chi connectivity index (χ1n) is 19.7. The lowest BCUT2D eigenvalue weighted by atomic mass is 9.84. The van der Waals surface area contributed by atoms with Gasteiger partial charge in [0.1, 0.15) is 31.4 Å². The zero-order valence-corrected chi connectivity index (χ0v) is 36.1. The third kappa shape index (κ3) is 12.7. The molecule has 0 saturated carbocycles. The Balaban J connectivity index is 0.00000465. The van der Waals surface area contributed by atoms with Crippen LogP contribution in [0.3, 0.4) is 0 Å². The summed E-state index contributed by atoms with van der Waals surface area (Å²) in [6, 6.07) is 16.2. The first-order chi connectivity index (χ1) is 27.6. The second-order valence-corrected chi connectivity index (χ2v) is 15.1. The maximum atomic E-state index is 12.6. The van der Waals surface area contributed by atoms with E-state index in [4.69, 9.17) is 33.2 Å². The molecule has 0 unspecified atom stereocenters. The molecular formula is C46H66N2O11. The standard InChI is InChI=1S/C44H60N2O11.2CH3/c1-45(17-14-34-27-35(30-47)36(31-48)28-38(34)39(45)24-32-8-10-37(51-2)11-9-32)15-6-20-56-42(49)12-13-43(50)57-21-7-16-46(18-22-55-23-19-46)29-33-25-40(52-3)44(54-5)41(26-33)53-4;;/h8-13,25-28,39,47-48H,6-7,14-24,29-31H2,1-5H3;2*1H3/q+2;2*-1/b13-12-;;/t39-,45-;;/m1../s1. The number of fused-ring (bicyclic) bond motifs is 1. The van der Waals surface area contributed by atoms with Crippen molar-refractivity contribution in [3.05, 3.63) is 109 Å². The molecule has 0 bridgehead atoms. The molecule has 0 spiro atoms. The molecule has 3 aromatic carbocycles. The van der Waals surface area contributed by atoms with Crippen molar-refractivity contribution in [1.82, 2.24) is 0 Å². The average Bonchev–Trinajstić information content (AvgIpc) is 3.24. The van der Waals surface area contributed by atoms with Crippen molar-refractivity contribution in [3.63, 3.8) is 0 Å². The third-order valence-corrected chi connectivity index (χ3v) is 11.5. The Morgan fingerprint density at radius 1 is 0.746 bits per heavy atom. The largest absolute Gasteiger partial charge is 0.497 e. The second-order valence-electron chi connectivity index (χ2n) is 15.1. The van der Waals surface area contributed by atoms with Crippen molar-refractivity contribution in [3.8, 4) is 23.0 Å². The summed E-state index contributed by atoms with van der Waals surface area (Å²) in [7, 11) is 8.66. The highest BCUT2D eigenvalue weighted by Gasteiger charge is 2.39. The number of hydrogen-bond acceptors (Lipinski definition) is 11. The van der Waals surface area contributed by atoms with Gasteiger partial charge in [0.05, 0.1) is 94.8 Å². The molecule has 0 amide bonds. The minimum atomic E-state index is -0.597. The van der Waals surface area contributed by atoms with Gasteiger partial charge < -0.3 is 67.2 Å². The molecule has 0 aromatic heterocycles. The Labute approximate surface area is 351 Å². The van der Waals surface area contributed by atoms with E-state index in [1.165, 1.54) is 11.1 Å². The molecule has 3 aromatic rings. The van der Waals surface area contributed by atoms with Gasteiger partial charge in [-0.25, -0.2) is 9.59 Å². The lowest BCUT2D eigenvalue weighted by molar-refractivity contribution is -0.947. The van der Waals surface area contributed by atoms with Crippen molar-refractivity contribution in [2.45, 2.75) is 51.5 Å². The number of rotatable bonds is 20. The Morgan fingerprint density at radius 3 is 1.86 bits per heavy atom. The van der Waals surface area contributed by atoms with E-state index in [-0.39, 0.29) is 47.3 Å². The van der Waals surface area contributed by atoms with Gasteiger partial charge in [0, 0.05) is 49.0 Å². The quantitative estimate of drug-likeness (QED) is 0.0501. The molecule has 0 aliphatic carbocycles. The number of benzene rings is 3. The number of hydrogen-bond donors (Lipinski definition) is 2. The number of carbonyl (C=O) groups excluding carboxylic acids is 2. The highest BCUT2D eigenvalue weighted by molar-refractivity contribution is 5.91. The molecule has 13 heteroatoms. The molecule has 2 aliphatic heterocycles. The summed E-state index contributed by atoms with van der Waals surface area (Å²) < 4.78 is 40.1. The summed E-state index contributed by atoms with van der Waals surface area (Å²) in [5, 5.41) is 20.0. The van der Waals surface area contributed by atoms with Crippen LogP contribution in [0.2, 0.25) is 0 Å². The molecule has 5 rings (SSSR count). The van der Waals surface area contributed by atoms with E-state index in [0.29, 0.717) is 43.3 Å². The number of aliphatic hydroxyl groups excluding tert-OH is 2. The van der Waals surface area contributed by atoms with E-state index in [1.54, 1.807) is 28.4 Å². The predicted molar refractivity (Wildman–Crippen MR) is 226 cm³/mol. The van der Waals surface area contributed by atoms with Crippen LogP contribution in [-0.2, 0) is 56.4 Å². The van der Waals surface area contributed by atoms with E-state index in [0.717, 1.165) is 101 Å². The summed E-state index contributed by atoms with van der Waals surface area (Å²) in [6.07, 6.45) is 5.10. The molecule has 1 saturated heterocycles. The van der Waals surface area contributed by atoms with Crippen LogP contribution < -0.4 is 18.9 Å². The predicted octanol–water partition coefficient (Wildman–Crippen LogP) is 5.36. The Morgan fingerprint density at radius 2 is 1.32 bits per heavy atom. The number of likely N-dealkylation sites (N-methyl/N-ethyl adjacent to an activating group) is 1. The van der Waals surface area contributed by atoms with Crippen LogP contribution in [0.15, 0.2) is 60.7 Å². The van der Waals surface area contributed by atoms with Gasteiger partial charge in [-0.2, -0.15) is 0 Å². The van der Waals surface area contributed by atoms with E-state index in [9.17, 15) is 19.8 Å². The van der Waals surface area contributed by atoms with Crippen molar-refractivity contribution in [2.24, 2.45) is 0 Å². The topological polar surface area (TPSA) is 139 Å². The van der Waals surface area contributed by atoms with Crippen LogP contribution in [0.1, 0.15) is 52.3 Å². The second kappa shape index (κ2) is 23.2. The highest BCUT2D eigenvalue weighted by atomic mass is 16.5. The van der Waals surface area contributed by atoms with E-state index in [1.807, 2.05) is 30.3 Å². The van der Waals surface area contributed by atoms with Gasteiger partial charge in [0.25, 0.3) is 0 Å². The van der Waals surface area contributed by atoms with Gasteiger partial charge in [-0.15, -0.1) is 0 Å². The van der Waals surface area contributed by atoms with Gasteiger partial charge >= 0.3 is 11.9 Å². The molecule has 0 radical (unpaired) electrons. The van der Waals surface area contributed by atoms with Crippen molar-refractivity contribution in [2.75, 3.05) is 94.6 Å². The molecule has 2 N–H and O–H groups in total. The highest BCUT2D eigenvalue weighted by Crippen LogP contribution is 2.40. The average molecular weight is 823 g/mol. The number of morpholine rings is 1. The smallest absolute Gasteiger partial charge is 0.331 e. The molecule has 59 heavy (non-hydrogen) atoms. The Bertz CT molecular complexity index is 1800. The van der Waals surface area contributed by atoms with Crippen LogP contribution in [0.25, 0.3) is 0 Å². The first-order valence-corrected chi connectivity index (χ1v) is 19.7. The monoisotopic (exact) mass is 822 g/mol. The summed E-state index contributed by atoms with van der Waals surface area (Å²) in [5.41, 5.74) is 6.05. The number of carbonyl (C=O) groups is 2. The minimum Gasteiger partial charge on any atom is -0.497 e. The fourth-order valence-electron chi connectivity index (χ4n) is 8.24. The van der Waals surface area contributed by atoms with Gasteiger partial charge in [-0.1, -0.05) is 18.2 Å². The first kappa shape index (κ1) is 48.7. The zero-order chi connectivity index (χ0) is 40.8. The summed E-state index contributed by atoms with van der Waals surface area (Å²) in [4.78, 5) is 25.1. The normalized spacial score (nSPS) is 18.1. The van der Waals surface area contributed by atoms with E-state index >= 15 is 0 Å². The number of quaternary nitrogens is 2. The zero-order valence-electron chi connectivity index (χ0n) is 36.1. The lowest BCUT2D eigenvalue weighted by Gasteiger charge is -2.46. The third-order valence-electron chi connectivity index (χ3n) is 11.5. The van der Waals surface area contributed by atoms with Crippen molar-refractivity contribution in [1.29, 1.82) is 0 Å². The van der Waals surface area contributed by atoms with Crippen LogP contribution in [0, 0.1) is 14.9 Å². The van der Waals surface area contributed by atoms with Crippen molar-refractivity contribution < 1.29 is 61.9 Å². The van der Waals surface area contributed by atoms with Gasteiger partial charge in [0.15, 0.2) is 11.5 Å². The van der Waals surface area contributed by atoms with Crippen LogP contribution in [0.4, 0.5) is 0 Å². The summed E-state index contributed by atoms with van der Waals surface area (Å²) in [6.45, 7) is 6.20. The van der Waals surface area contributed by atoms with E-state index < -0.39 is 11.9 Å². The van der Waals surface area contributed by atoms with Crippen LogP contribution >= 0.6 is 0 Å². The van der Waals surface area contributed by atoms with E-state index in [2.05, 4.69) is 25.2 Å². The Kier molecular flexibility index (Phi) is 19.2. The summed E-state index contributed by atoms with van der Waals surface area (Å²) in [5.74, 6) is 1.36. The maximum Gasteiger partial charge on any atom is 0.331 e. The van der Waals surface area contributed by atoms with Crippen molar-refractivity contribution >= 4 is 11.9 Å². The molecule has 326 valence electrons. The number of ether oxygens (including phenoxy) is 7. The Hall–Kier alpha value is -4.66. The fourth-order valence-corrected chi connectivity index (χ4v) is 8.24. The fraction of sp³-hybridized carbons (Fsp3) is 0.478. The SMILES string of the molecule is COc1ccc(C[C@@H]2c3cc(CO)c(CO)cc3CC[N@@+]2(C)CCCOC(=O)/C=C\C(=O)OCCC[N+]2(Cc3cc(OC)c(OC)c(OC)c3)CCOCC2)cc1.[CH3-].[CH3-]. The molecule has 1 fully saturated rings. The molecular weight excluding hydrogens is 757 g/mol. The lowest BCUT2D eigenvalue weighted by Crippen LogP contribution is -2.55. The number of methoxy groups -OCH3 is 4. The molecule has 2 aliphatic rings. The van der Waals surface area contributed by atoms with Gasteiger partial charge in [-0.3, -0.25) is 0 Å². The van der Waals surface area contributed by atoms with Gasteiger partial charge in [-0.05, 0) is 52.6 Å². The molecule has 13 nitrogen and oxygen atoms in total. The molecule has 2 heterocycles. The van der Waals surface area contributed by atoms with Crippen LogP contribution in [0.5, 0.6) is 23.0 Å². The minimum absolute atomic E-state index is 0. The van der Waals surface area contributed by atoms with Crippen LogP contribution in [-0.4, -0.2) is 126 Å². The maximum absolute atomic E-state index is 12.6. The summed E-state index contributed by atoms with van der Waals surface area (Å²) >= 11 is 0. The number of aliphatic hydroxyl groups is 2. The van der Waals surface area contributed by atoms with Gasteiger partial charge in [0.2, 0.25) is 5.75 Å². The number of nitrogens with zero attached hydrogens (tertiary/aromatic N) is 2. The number of esters is 2.